The summed E-state index contributed by atoms with van der Waals surface area (Å²) in [5.41, 5.74) is 2.66. The van der Waals surface area contributed by atoms with Crippen LogP contribution in [0.5, 0.6) is 0 Å². The summed E-state index contributed by atoms with van der Waals surface area (Å²) in [6.45, 7) is 2.55. The lowest BCUT2D eigenvalue weighted by molar-refractivity contribution is 0.336. The number of aliphatic imine (C=N–C) groups is 1. The van der Waals surface area contributed by atoms with Gasteiger partial charge < -0.3 is 14.1 Å². The first-order chi connectivity index (χ1) is 9.53. The monoisotopic (exact) mass is 281 g/mol. The highest BCUT2D eigenvalue weighted by molar-refractivity contribution is 6.50. The molecule has 0 bridgehead atoms. The molecule has 0 saturated carbocycles. The quantitative estimate of drug-likeness (QED) is 0.503. The van der Waals surface area contributed by atoms with E-state index in [0.29, 0.717) is 6.67 Å². The fourth-order valence-electron chi connectivity index (χ4n) is 2.03. The van der Waals surface area contributed by atoms with Gasteiger partial charge in [0.15, 0.2) is 0 Å². The maximum Gasteiger partial charge on any atom is 0.349 e. The van der Waals surface area contributed by atoms with E-state index in [9.17, 15) is 8.71 Å². The fourth-order valence-corrected chi connectivity index (χ4v) is 2.03. The summed E-state index contributed by atoms with van der Waals surface area (Å²) in [4.78, 5) is 8.01. The van der Waals surface area contributed by atoms with Crippen molar-refractivity contribution in [3.05, 3.63) is 35.3 Å². The molecule has 0 atom stereocenters. The Kier molecular flexibility index (Phi) is 6.48. The van der Waals surface area contributed by atoms with Gasteiger partial charge in [0.1, 0.15) is 6.67 Å². The maximum atomic E-state index is 13.1. The van der Waals surface area contributed by atoms with Gasteiger partial charge in [-0.15, -0.1) is 0 Å². The fraction of sp³-hybridized carbons (Fsp3) is 0.500. The molecule has 1 rings (SSSR count). The average Bonchev–Trinajstić information content (AvgIpc) is 3.14. The van der Waals surface area contributed by atoms with Gasteiger partial charge in [-0.3, -0.25) is 4.99 Å². The molecule has 0 unspecified atom stereocenters. The Labute approximate surface area is 120 Å². The molecule has 0 spiro atoms. The second-order valence-corrected chi connectivity index (χ2v) is 4.79. The van der Waals surface area contributed by atoms with E-state index in [-0.39, 0.29) is 6.32 Å². The second kappa shape index (κ2) is 7.87. The van der Waals surface area contributed by atoms with Crippen molar-refractivity contribution in [1.29, 1.82) is 0 Å². The van der Waals surface area contributed by atoms with Gasteiger partial charge in [-0.2, -0.15) is 0 Å². The Bertz CT molecular complexity index is 442. The smallest absolute Gasteiger partial charge is 0.349 e. The van der Waals surface area contributed by atoms with Crippen LogP contribution < -0.4 is 0 Å². The van der Waals surface area contributed by atoms with Crippen LogP contribution in [-0.4, -0.2) is 50.4 Å². The van der Waals surface area contributed by atoms with Gasteiger partial charge in [-0.25, -0.2) is 4.39 Å². The Morgan fingerprint density at radius 3 is 2.75 bits per heavy atom. The lowest BCUT2D eigenvalue weighted by Crippen LogP contribution is -2.26. The van der Waals surface area contributed by atoms with Crippen LogP contribution in [0.4, 0.5) is 8.71 Å². The maximum absolute atomic E-state index is 13.1. The van der Waals surface area contributed by atoms with Crippen molar-refractivity contribution in [2.24, 2.45) is 4.99 Å². The van der Waals surface area contributed by atoms with Crippen LogP contribution in [0.15, 0.2) is 40.3 Å². The lowest BCUT2D eigenvalue weighted by atomic mass is 9.68. The van der Waals surface area contributed by atoms with Gasteiger partial charge in [0, 0.05) is 26.5 Å². The molecular weight excluding hydrogens is 259 g/mol. The zero-order valence-corrected chi connectivity index (χ0v) is 12.6. The second-order valence-electron chi connectivity index (χ2n) is 4.79. The summed E-state index contributed by atoms with van der Waals surface area (Å²) in [6, 6.07) is 0. The topological polar surface area (TPSA) is 18.6 Å². The van der Waals surface area contributed by atoms with Gasteiger partial charge >= 0.3 is 6.99 Å². The molecule has 0 radical (unpaired) electrons. The molecule has 0 amide bonds. The Morgan fingerprint density at radius 1 is 1.55 bits per heavy atom. The molecule has 1 aliphatic rings. The number of halogens is 2. The van der Waals surface area contributed by atoms with Gasteiger partial charge in [0.05, 0.1) is 18.1 Å². The number of nitrogens with zero attached hydrogens (tertiary/aromatic N) is 3. The van der Waals surface area contributed by atoms with Crippen molar-refractivity contribution in [2.45, 2.75) is 20.1 Å². The highest BCUT2D eigenvalue weighted by Gasteiger charge is 2.27. The van der Waals surface area contributed by atoms with E-state index in [1.165, 1.54) is 12.9 Å². The van der Waals surface area contributed by atoms with Crippen LogP contribution >= 0.6 is 0 Å². The normalized spacial score (nSPS) is 15.7. The number of hydrogen-bond acceptors (Lipinski definition) is 3. The van der Waals surface area contributed by atoms with E-state index in [2.05, 4.69) is 4.99 Å². The molecule has 3 nitrogen and oxygen atoms in total. The number of allylic oxidation sites excluding steroid dienone is 4. The molecular formula is C14H22BF2N3. The molecule has 0 aliphatic carbocycles. The molecule has 0 fully saturated rings. The summed E-state index contributed by atoms with van der Waals surface area (Å²) in [7, 11) is 3.68. The van der Waals surface area contributed by atoms with Crippen LogP contribution in [0.1, 0.15) is 6.92 Å². The summed E-state index contributed by atoms with van der Waals surface area (Å²) in [5, 5.41) is 0. The highest BCUT2D eigenvalue weighted by atomic mass is 19.1. The minimum Gasteiger partial charge on any atom is -0.356 e. The average molecular weight is 281 g/mol. The minimum atomic E-state index is -0.966. The number of rotatable bonds is 8. The molecule has 1 aliphatic heterocycles. The van der Waals surface area contributed by atoms with E-state index in [1.807, 2.05) is 36.0 Å². The molecule has 0 aromatic rings. The summed E-state index contributed by atoms with van der Waals surface area (Å²) >= 11 is 0. The number of alkyl halides is 1. The molecule has 0 aromatic carbocycles. The predicted octanol–water partition coefficient (Wildman–Crippen LogP) is 3.12. The zero-order valence-electron chi connectivity index (χ0n) is 12.6. The molecule has 1 heterocycles. The minimum absolute atomic E-state index is 0.253. The van der Waals surface area contributed by atoms with Crippen molar-refractivity contribution in [2.75, 3.05) is 27.4 Å². The SMILES string of the molecule is C/C=C(\C=N/C)N(C)CN1C=C1/C(=C/CF)CB(C)F. The summed E-state index contributed by atoms with van der Waals surface area (Å²) in [5.74, 6) is 0. The van der Waals surface area contributed by atoms with E-state index in [0.717, 1.165) is 17.0 Å². The Balaban J connectivity index is 2.57. The largest absolute Gasteiger partial charge is 0.356 e. The Morgan fingerprint density at radius 2 is 2.25 bits per heavy atom. The molecule has 6 heteroatoms. The van der Waals surface area contributed by atoms with Crippen LogP contribution in [0, 0.1) is 0 Å². The zero-order chi connectivity index (χ0) is 15.1. The van der Waals surface area contributed by atoms with Crippen LogP contribution in [0.3, 0.4) is 0 Å². The Hall–Kier alpha value is -1.59. The van der Waals surface area contributed by atoms with E-state index in [4.69, 9.17) is 0 Å². The number of hydrogen-bond donors (Lipinski definition) is 0. The van der Waals surface area contributed by atoms with E-state index in [1.54, 1.807) is 13.3 Å². The van der Waals surface area contributed by atoms with Gasteiger partial charge in [-0.05, 0) is 24.9 Å². The first-order valence-electron chi connectivity index (χ1n) is 6.71. The predicted molar refractivity (Wildman–Crippen MR) is 82.3 cm³/mol. The molecule has 0 saturated heterocycles. The third-order valence-corrected chi connectivity index (χ3v) is 3.04. The first-order valence-corrected chi connectivity index (χ1v) is 6.71. The van der Waals surface area contributed by atoms with Crippen LogP contribution in [0.25, 0.3) is 0 Å². The van der Waals surface area contributed by atoms with Crippen LogP contribution in [-0.2, 0) is 0 Å². The first kappa shape index (κ1) is 16.5. The van der Waals surface area contributed by atoms with Crippen LogP contribution in [0.2, 0.25) is 13.1 Å². The summed E-state index contributed by atoms with van der Waals surface area (Å²) < 4.78 is 25.6. The molecule has 110 valence electrons. The summed E-state index contributed by atoms with van der Waals surface area (Å²) in [6.07, 6.45) is 7.37. The molecule has 0 aromatic heterocycles. The lowest BCUT2D eigenvalue weighted by Gasteiger charge is -2.22. The molecule has 0 N–H and O–H groups in total. The van der Waals surface area contributed by atoms with Crippen molar-refractivity contribution >= 4 is 13.2 Å². The van der Waals surface area contributed by atoms with Gasteiger partial charge in [0.25, 0.3) is 0 Å². The van der Waals surface area contributed by atoms with Crippen molar-refractivity contribution in [3.8, 4) is 0 Å². The highest BCUT2D eigenvalue weighted by Crippen LogP contribution is 2.32. The third kappa shape index (κ3) is 4.83. The third-order valence-electron chi connectivity index (χ3n) is 3.04. The van der Waals surface area contributed by atoms with E-state index >= 15 is 0 Å². The van der Waals surface area contributed by atoms with Gasteiger partial charge in [0.2, 0.25) is 0 Å². The van der Waals surface area contributed by atoms with Crippen molar-refractivity contribution < 1.29 is 8.71 Å². The molecule has 20 heavy (non-hydrogen) atoms. The van der Waals surface area contributed by atoms with Gasteiger partial charge in [-0.1, -0.05) is 12.9 Å². The van der Waals surface area contributed by atoms with Crippen molar-refractivity contribution in [1.82, 2.24) is 9.80 Å². The van der Waals surface area contributed by atoms with Crippen molar-refractivity contribution in [3.63, 3.8) is 0 Å². The standard InChI is InChI=1S/C14H22BF2N3/c1-5-13(9-18-3)19(4)11-20-10-14(20)12(6-7-16)8-15(2)17/h5-6,9-10H,7-8,11H2,1-4H3/b12-6+,13-5+,18-9-. The van der Waals surface area contributed by atoms with E-state index < -0.39 is 13.7 Å².